The van der Waals surface area contributed by atoms with E-state index in [-0.39, 0.29) is 11.7 Å². The van der Waals surface area contributed by atoms with E-state index in [0.717, 1.165) is 25.3 Å². The summed E-state index contributed by atoms with van der Waals surface area (Å²) in [7, 11) is 0. The molecule has 1 saturated carbocycles. The van der Waals surface area contributed by atoms with Gasteiger partial charge in [0.25, 0.3) is 5.69 Å². The second kappa shape index (κ2) is 5.33. The number of halogens is 1. The number of nitro benzene ring substituents is 1. The van der Waals surface area contributed by atoms with Gasteiger partial charge in [-0.1, -0.05) is 13.3 Å². The maximum absolute atomic E-state index is 13.7. The maximum atomic E-state index is 13.7. The molecule has 0 amide bonds. The Morgan fingerprint density at radius 3 is 2.83 bits per heavy atom. The Hall–Kier alpha value is -1.65. The molecule has 4 nitrogen and oxygen atoms in total. The smallest absolute Gasteiger partial charge is 0.272 e. The van der Waals surface area contributed by atoms with Gasteiger partial charge in [-0.2, -0.15) is 0 Å². The Morgan fingerprint density at radius 2 is 2.28 bits per heavy atom. The summed E-state index contributed by atoms with van der Waals surface area (Å²) in [5.74, 6) is 0.160. The summed E-state index contributed by atoms with van der Waals surface area (Å²) in [6.45, 7) is 2.17. The number of non-ortho nitro benzene ring substituents is 1. The predicted octanol–water partition coefficient (Wildman–Crippen LogP) is 3.72. The van der Waals surface area contributed by atoms with Gasteiger partial charge < -0.3 is 5.32 Å². The zero-order valence-corrected chi connectivity index (χ0v) is 10.4. The topological polar surface area (TPSA) is 55.2 Å². The van der Waals surface area contributed by atoms with Crippen molar-refractivity contribution in [1.29, 1.82) is 0 Å². The third kappa shape index (κ3) is 2.78. The normalized spacial score (nSPS) is 23.0. The van der Waals surface area contributed by atoms with Crippen molar-refractivity contribution >= 4 is 11.4 Å². The van der Waals surface area contributed by atoms with Crippen molar-refractivity contribution in [1.82, 2.24) is 0 Å². The molecule has 18 heavy (non-hydrogen) atoms. The Labute approximate surface area is 105 Å². The van der Waals surface area contributed by atoms with Gasteiger partial charge in [-0.3, -0.25) is 10.1 Å². The first-order valence-electron chi connectivity index (χ1n) is 6.30. The van der Waals surface area contributed by atoms with E-state index in [1.165, 1.54) is 18.6 Å². The summed E-state index contributed by atoms with van der Waals surface area (Å²) >= 11 is 0. The lowest BCUT2D eigenvalue weighted by atomic mass is 10.1. The fourth-order valence-corrected chi connectivity index (χ4v) is 2.53. The molecule has 98 valence electrons. The maximum Gasteiger partial charge on any atom is 0.272 e. The molecule has 1 aromatic carbocycles. The molecule has 0 radical (unpaired) electrons. The highest BCUT2D eigenvalue weighted by Crippen LogP contribution is 2.31. The summed E-state index contributed by atoms with van der Waals surface area (Å²) in [6.07, 6.45) is 4.41. The van der Waals surface area contributed by atoms with Gasteiger partial charge in [0, 0.05) is 12.1 Å². The monoisotopic (exact) mass is 252 g/mol. The first-order valence-corrected chi connectivity index (χ1v) is 6.30. The molecule has 2 atom stereocenters. The summed E-state index contributed by atoms with van der Waals surface area (Å²) in [5, 5.41) is 13.7. The van der Waals surface area contributed by atoms with E-state index >= 15 is 0 Å². The number of nitrogens with one attached hydrogen (secondary N) is 1. The number of anilines is 1. The SMILES string of the molecule is CCC1CCC(Nc2ccc([N+](=O)[O-])cc2F)C1. The molecule has 0 saturated heterocycles. The van der Waals surface area contributed by atoms with Crippen molar-refractivity contribution in [2.45, 2.75) is 38.6 Å². The molecule has 0 aromatic heterocycles. The van der Waals surface area contributed by atoms with Crippen LogP contribution in [0, 0.1) is 21.8 Å². The van der Waals surface area contributed by atoms with E-state index in [0.29, 0.717) is 11.6 Å². The van der Waals surface area contributed by atoms with Gasteiger partial charge in [0.05, 0.1) is 16.7 Å². The van der Waals surface area contributed by atoms with Gasteiger partial charge in [-0.25, -0.2) is 4.39 Å². The van der Waals surface area contributed by atoms with Crippen LogP contribution in [0.1, 0.15) is 32.6 Å². The highest BCUT2D eigenvalue weighted by atomic mass is 19.1. The van der Waals surface area contributed by atoms with Crippen molar-refractivity contribution in [3.05, 3.63) is 34.1 Å². The summed E-state index contributed by atoms with van der Waals surface area (Å²) in [5.41, 5.74) is 0.151. The summed E-state index contributed by atoms with van der Waals surface area (Å²) in [4.78, 5) is 9.92. The Kier molecular flexibility index (Phi) is 3.79. The standard InChI is InChI=1S/C13H17FN2O2/c1-2-9-3-4-10(7-9)15-13-6-5-11(16(17)18)8-12(13)14/h5-6,8-10,15H,2-4,7H2,1H3. The van der Waals surface area contributed by atoms with E-state index in [9.17, 15) is 14.5 Å². The summed E-state index contributed by atoms with van der Waals surface area (Å²) in [6, 6.07) is 4.03. The minimum absolute atomic E-state index is 0.212. The number of benzene rings is 1. The summed E-state index contributed by atoms with van der Waals surface area (Å²) < 4.78 is 13.7. The lowest BCUT2D eigenvalue weighted by Crippen LogP contribution is -2.16. The van der Waals surface area contributed by atoms with Crippen molar-refractivity contribution < 1.29 is 9.31 Å². The van der Waals surface area contributed by atoms with E-state index < -0.39 is 10.7 Å². The highest BCUT2D eigenvalue weighted by molar-refractivity contribution is 5.50. The lowest BCUT2D eigenvalue weighted by Gasteiger charge is -2.14. The second-order valence-electron chi connectivity index (χ2n) is 4.85. The molecule has 1 N–H and O–H groups in total. The molecule has 0 spiro atoms. The largest absolute Gasteiger partial charge is 0.380 e. The number of nitrogens with zero attached hydrogens (tertiary/aromatic N) is 1. The third-order valence-corrected chi connectivity index (χ3v) is 3.64. The van der Waals surface area contributed by atoms with Gasteiger partial charge in [0.15, 0.2) is 5.82 Å². The van der Waals surface area contributed by atoms with Crippen molar-refractivity contribution in [2.24, 2.45) is 5.92 Å². The molecular weight excluding hydrogens is 235 g/mol. The quantitative estimate of drug-likeness (QED) is 0.656. The Balaban J connectivity index is 2.04. The van der Waals surface area contributed by atoms with Crippen molar-refractivity contribution in [3.8, 4) is 0 Å². The van der Waals surface area contributed by atoms with Crippen LogP contribution in [0.3, 0.4) is 0 Å². The van der Waals surface area contributed by atoms with Gasteiger partial charge in [-0.05, 0) is 31.2 Å². The van der Waals surface area contributed by atoms with Crippen LogP contribution < -0.4 is 5.32 Å². The van der Waals surface area contributed by atoms with Crippen molar-refractivity contribution in [3.63, 3.8) is 0 Å². The minimum Gasteiger partial charge on any atom is -0.380 e. The predicted molar refractivity (Wildman–Crippen MR) is 68.1 cm³/mol. The molecule has 1 aromatic rings. The highest BCUT2D eigenvalue weighted by Gasteiger charge is 2.24. The number of hydrogen-bond donors (Lipinski definition) is 1. The molecule has 0 bridgehead atoms. The molecule has 2 rings (SSSR count). The molecule has 2 unspecified atom stereocenters. The molecule has 1 fully saturated rings. The second-order valence-corrected chi connectivity index (χ2v) is 4.85. The van der Waals surface area contributed by atoms with Crippen LogP contribution in [0.15, 0.2) is 18.2 Å². The molecule has 0 heterocycles. The first kappa shape index (κ1) is 12.8. The Bertz CT molecular complexity index is 451. The van der Waals surface area contributed by atoms with E-state index in [4.69, 9.17) is 0 Å². The minimum atomic E-state index is -0.588. The van der Waals surface area contributed by atoms with Crippen LogP contribution in [0.5, 0.6) is 0 Å². The first-order chi connectivity index (χ1) is 8.60. The number of rotatable bonds is 4. The van der Waals surface area contributed by atoms with Crippen LogP contribution >= 0.6 is 0 Å². The van der Waals surface area contributed by atoms with Crippen LogP contribution in [0.4, 0.5) is 15.8 Å². The van der Waals surface area contributed by atoms with E-state index in [2.05, 4.69) is 12.2 Å². The van der Waals surface area contributed by atoms with Crippen molar-refractivity contribution in [2.75, 3.05) is 5.32 Å². The molecule has 0 aliphatic heterocycles. The average Bonchev–Trinajstić information content (AvgIpc) is 2.79. The number of nitro groups is 1. The zero-order chi connectivity index (χ0) is 13.1. The van der Waals surface area contributed by atoms with Crippen LogP contribution in [0.2, 0.25) is 0 Å². The average molecular weight is 252 g/mol. The lowest BCUT2D eigenvalue weighted by molar-refractivity contribution is -0.385. The fraction of sp³-hybridized carbons (Fsp3) is 0.538. The van der Waals surface area contributed by atoms with Crippen LogP contribution in [-0.2, 0) is 0 Å². The van der Waals surface area contributed by atoms with Gasteiger partial charge in [0.2, 0.25) is 0 Å². The molecule has 1 aliphatic rings. The Morgan fingerprint density at radius 1 is 1.50 bits per heavy atom. The van der Waals surface area contributed by atoms with Gasteiger partial charge in [-0.15, -0.1) is 0 Å². The van der Waals surface area contributed by atoms with Gasteiger partial charge >= 0.3 is 0 Å². The molecule has 1 aliphatic carbocycles. The van der Waals surface area contributed by atoms with Gasteiger partial charge in [0.1, 0.15) is 0 Å². The van der Waals surface area contributed by atoms with E-state index in [1.54, 1.807) is 0 Å². The zero-order valence-electron chi connectivity index (χ0n) is 10.4. The fourth-order valence-electron chi connectivity index (χ4n) is 2.53. The molecule has 5 heteroatoms. The van der Waals surface area contributed by atoms with Crippen LogP contribution in [-0.4, -0.2) is 11.0 Å². The third-order valence-electron chi connectivity index (χ3n) is 3.64. The molecular formula is C13H17FN2O2. The van der Waals surface area contributed by atoms with Crippen LogP contribution in [0.25, 0.3) is 0 Å². The van der Waals surface area contributed by atoms with E-state index in [1.807, 2.05) is 0 Å². The number of hydrogen-bond acceptors (Lipinski definition) is 3.